The zero-order valence-electron chi connectivity index (χ0n) is 20.0. The van der Waals surface area contributed by atoms with E-state index in [2.05, 4.69) is 64.4 Å². The van der Waals surface area contributed by atoms with Gasteiger partial charge in [0.05, 0.1) is 12.3 Å². The Bertz CT molecular complexity index is 1110. The Morgan fingerprint density at radius 1 is 0.943 bits per heavy atom. The predicted octanol–water partition coefficient (Wildman–Crippen LogP) is 6.50. The first-order valence-electron chi connectivity index (χ1n) is 12.5. The van der Waals surface area contributed by atoms with E-state index in [0.29, 0.717) is 12.6 Å². The zero-order valence-corrected chi connectivity index (χ0v) is 20.8. The van der Waals surface area contributed by atoms with Gasteiger partial charge in [-0.05, 0) is 60.7 Å². The summed E-state index contributed by atoms with van der Waals surface area (Å²) in [6.07, 6.45) is 3.23. The number of nitrogens with zero attached hydrogens (tertiary/aromatic N) is 3. The summed E-state index contributed by atoms with van der Waals surface area (Å²) in [6.45, 7) is 4.74. The molecule has 3 aromatic rings. The first kappa shape index (κ1) is 23.9. The summed E-state index contributed by atoms with van der Waals surface area (Å²) >= 11 is 1.87. The maximum atomic E-state index is 13.0. The maximum absolute atomic E-state index is 13.0. The SMILES string of the molecule is Fc1ccc(OCCCN2CCC(N(Cc3ccccc3)C3=Nc4ccccc4CS3)CC2)cc1. The normalized spacial score (nSPS) is 16.4. The number of ether oxygens (including phenoxy) is 1. The van der Waals surface area contributed by atoms with Crippen molar-refractivity contribution < 1.29 is 9.13 Å². The lowest BCUT2D eigenvalue weighted by Crippen LogP contribution is -2.46. The summed E-state index contributed by atoms with van der Waals surface area (Å²) in [6, 6.07) is 26.0. The van der Waals surface area contributed by atoms with E-state index >= 15 is 0 Å². The molecule has 35 heavy (non-hydrogen) atoms. The molecule has 2 heterocycles. The molecule has 0 atom stereocenters. The standard InChI is InChI=1S/C29H32FN3OS/c30-25-11-13-27(14-12-25)34-20-6-17-32-18-15-26(16-19-32)33(21-23-7-2-1-3-8-23)29-31-28-10-5-4-9-24(28)22-35-29/h1-5,7-14,26H,6,15-22H2. The summed E-state index contributed by atoms with van der Waals surface area (Å²) in [7, 11) is 0. The summed E-state index contributed by atoms with van der Waals surface area (Å²) < 4.78 is 18.8. The molecule has 6 heteroatoms. The number of para-hydroxylation sites is 1. The van der Waals surface area contributed by atoms with Crippen LogP contribution in [0.3, 0.4) is 0 Å². The van der Waals surface area contributed by atoms with Gasteiger partial charge in [-0.15, -0.1) is 0 Å². The van der Waals surface area contributed by atoms with Crippen molar-refractivity contribution in [2.24, 2.45) is 4.99 Å². The summed E-state index contributed by atoms with van der Waals surface area (Å²) in [5.41, 5.74) is 3.76. The Hall–Kier alpha value is -2.83. The van der Waals surface area contributed by atoms with Crippen LogP contribution < -0.4 is 4.74 Å². The minimum atomic E-state index is -0.233. The van der Waals surface area contributed by atoms with E-state index in [-0.39, 0.29) is 5.82 Å². The molecule has 4 nitrogen and oxygen atoms in total. The van der Waals surface area contributed by atoms with E-state index in [9.17, 15) is 4.39 Å². The van der Waals surface area contributed by atoms with Gasteiger partial charge in [-0.1, -0.05) is 60.3 Å². The van der Waals surface area contributed by atoms with E-state index in [4.69, 9.17) is 9.73 Å². The molecule has 1 saturated heterocycles. The van der Waals surface area contributed by atoms with Crippen LogP contribution in [0.5, 0.6) is 5.75 Å². The minimum absolute atomic E-state index is 0.233. The van der Waals surface area contributed by atoms with Crippen LogP contribution in [0.4, 0.5) is 10.1 Å². The fourth-order valence-electron chi connectivity index (χ4n) is 4.76. The van der Waals surface area contributed by atoms with Gasteiger partial charge in [-0.2, -0.15) is 0 Å². The van der Waals surface area contributed by atoms with Gasteiger partial charge in [0.1, 0.15) is 11.6 Å². The Morgan fingerprint density at radius 3 is 2.49 bits per heavy atom. The van der Waals surface area contributed by atoms with Gasteiger partial charge in [-0.3, -0.25) is 0 Å². The van der Waals surface area contributed by atoms with E-state index in [1.165, 1.54) is 23.3 Å². The van der Waals surface area contributed by atoms with Crippen molar-refractivity contribution >= 4 is 22.6 Å². The van der Waals surface area contributed by atoms with Gasteiger partial charge in [0, 0.05) is 38.0 Å². The van der Waals surface area contributed by atoms with Crippen molar-refractivity contribution in [3.63, 3.8) is 0 Å². The predicted molar refractivity (Wildman–Crippen MR) is 143 cm³/mol. The van der Waals surface area contributed by atoms with Gasteiger partial charge in [0.25, 0.3) is 0 Å². The highest BCUT2D eigenvalue weighted by atomic mass is 32.2. The number of likely N-dealkylation sites (tertiary alicyclic amines) is 1. The van der Waals surface area contributed by atoms with Crippen LogP contribution in [0.2, 0.25) is 0 Å². The Labute approximate surface area is 211 Å². The van der Waals surface area contributed by atoms with Crippen LogP contribution in [-0.2, 0) is 12.3 Å². The number of thioether (sulfide) groups is 1. The molecule has 0 saturated carbocycles. The van der Waals surface area contributed by atoms with Crippen molar-refractivity contribution in [2.45, 2.75) is 37.6 Å². The summed E-state index contributed by atoms with van der Waals surface area (Å²) in [5.74, 6) is 1.48. The number of fused-ring (bicyclic) bond motifs is 1. The molecular weight excluding hydrogens is 457 g/mol. The lowest BCUT2D eigenvalue weighted by Gasteiger charge is -2.40. The fourth-order valence-corrected chi connectivity index (χ4v) is 5.83. The first-order valence-corrected chi connectivity index (χ1v) is 13.4. The molecule has 0 aliphatic carbocycles. The molecule has 0 N–H and O–H groups in total. The lowest BCUT2D eigenvalue weighted by atomic mass is 10.0. The Kier molecular flexibility index (Phi) is 8.01. The molecule has 0 radical (unpaired) electrons. The van der Waals surface area contributed by atoms with Crippen molar-refractivity contribution in [3.05, 3.63) is 95.8 Å². The second kappa shape index (κ2) is 11.7. The van der Waals surface area contributed by atoms with Gasteiger partial charge in [0.15, 0.2) is 5.17 Å². The third kappa shape index (κ3) is 6.44. The molecule has 0 aromatic heterocycles. The number of hydrogen-bond donors (Lipinski definition) is 0. The summed E-state index contributed by atoms with van der Waals surface area (Å²) in [4.78, 5) is 10.2. The second-order valence-corrected chi connectivity index (χ2v) is 10.1. The highest BCUT2D eigenvalue weighted by Crippen LogP contribution is 2.34. The topological polar surface area (TPSA) is 28.1 Å². The molecule has 2 aliphatic rings. The number of piperidine rings is 1. The monoisotopic (exact) mass is 489 g/mol. The molecule has 2 aliphatic heterocycles. The molecule has 0 bridgehead atoms. The molecule has 5 rings (SSSR count). The summed E-state index contributed by atoms with van der Waals surface area (Å²) in [5, 5.41) is 1.15. The van der Waals surface area contributed by atoms with Crippen LogP contribution in [-0.4, -0.2) is 47.3 Å². The van der Waals surface area contributed by atoms with Crippen LogP contribution in [0.25, 0.3) is 0 Å². The van der Waals surface area contributed by atoms with Crippen molar-refractivity contribution in [1.82, 2.24) is 9.80 Å². The molecular formula is C29H32FN3OS. The number of amidine groups is 1. The van der Waals surface area contributed by atoms with Gasteiger partial charge in [0.2, 0.25) is 0 Å². The number of halogens is 1. The third-order valence-electron chi connectivity index (χ3n) is 6.70. The van der Waals surface area contributed by atoms with Crippen molar-refractivity contribution in [1.29, 1.82) is 0 Å². The molecule has 1 fully saturated rings. The lowest BCUT2D eigenvalue weighted by molar-refractivity contribution is 0.144. The number of hydrogen-bond acceptors (Lipinski definition) is 5. The van der Waals surface area contributed by atoms with Crippen LogP contribution >= 0.6 is 11.8 Å². The largest absolute Gasteiger partial charge is 0.494 e. The van der Waals surface area contributed by atoms with Gasteiger partial charge in [-0.25, -0.2) is 9.38 Å². The fraction of sp³-hybridized carbons (Fsp3) is 0.345. The van der Waals surface area contributed by atoms with E-state index in [0.717, 1.165) is 67.8 Å². The maximum Gasteiger partial charge on any atom is 0.165 e. The zero-order chi connectivity index (χ0) is 23.9. The quantitative estimate of drug-likeness (QED) is 0.338. The molecule has 0 spiro atoms. The molecule has 0 amide bonds. The average Bonchev–Trinajstić information content (AvgIpc) is 2.91. The number of benzene rings is 3. The van der Waals surface area contributed by atoms with Crippen molar-refractivity contribution in [3.8, 4) is 5.75 Å². The average molecular weight is 490 g/mol. The van der Waals surface area contributed by atoms with Crippen LogP contribution in [0.15, 0.2) is 83.9 Å². The Morgan fingerprint density at radius 2 is 1.69 bits per heavy atom. The minimum Gasteiger partial charge on any atom is -0.494 e. The number of aliphatic imine (C=N–C) groups is 1. The highest BCUT2D eigenvalue weighted by Gasteiger charge is 2.28. The van der Waals surface area contributed by atoms with Gasteiger partial charge < -0.3 is 14.5 Å². The van der Waals surface area contributed by atoms with E-state index < -0.39 is 0 Å². The molecule has 3 aromatic carbocycles. The van der Waals surface area contributed by atoms with Crippen LogP contribution in [0.1, 0.15) is 30.4 Å². The Balaban J connectivity index is 1.18. The van der Waals surface area contributed by atoms with Gasteiger partial charge >= 0.3 is 0 Å². The van der Waals surface area contributed by atoms with Crippen molar-refractivity contribution in [2.75, 3.05) is 26.2 Å². The third-order valence-corrected chi connectivity index (χ3v) is 7.74. The smallest absolute Gasteiger partial charge is 0.165 e. The molecule has 0 unspecified atom stereocenters. The highest BCUT2D eigenvalue weighted by molar-refractivity contribution is 8.13. The first-order chi connectivity index (χ1) is 17.2. The second-order valence-electron chi connectivity index (χ2n) is 9.15. The van der Waals surface area contributed by atoms with Crippen LogP contribution in [0, 0.1) is 5.82 Å². The molecule has 182 valence electrons. The number of rotatable bonds is 8. The van der Waals surface area contributed by atoms with E-state index in [1.54, 1.807) is 12.1 Å². The van der Waals surface area contributed by atoms with E-state index in [1.807, 2.05) is 11.8 Å².